The van der Waals surface area contributed by atoms with E-state index in [0.29, 0.717) is 16.8 Å². The standard InChI is InChI=1S/C18H18ClN5/c1-11-5-4-6-16(13(11)3)21-17-10-20-24-18(23-17)22-15-8-7-14(19)9-12(15)2/h4-10H,1-3H3,(H2,21,22,23,24). The number of rotatable bonds is 4. The smallest absolute Gasteiger partial charge is 0.249 e. The fourth-order valence-corrected chi connectivity index (χ4v) is 2.56. The lowest BCUT2D eigenvalue weighted by atomic mass is 10.1. The van der Waals surface area contributed by atoms with Crippen LogP contribution in [-0.4, -0.2) is 15.2 Å². The third kappa shape index (κ3) is 3.63. The largest absolute Gasteiger partial charge is 0.339 e. The van der Waals surface area contributed by atoms with E-state index < -0.39 is 0 Å². The van der Waals surface area contributed by atoms with Crippen LogP contribution < -0.4 is 10.6 Å². The molecule has 0 bridgehead atoms. The molecule has 1 heterocycles. The lowest BCUT2D eigenvalue weighted by Gasteiger charge is -2.12. The van der Waals surface area contributed by atoms with Crippen molar-refractivity contribution < 1.29 is 0 Å². The summed E-state index contributed by atoms with van der Waals surface area (Å²) in [7, 11) is 0. The monoisotopic (exact) mass is 339 g/mol. The highest BCUT2D eigenvalue weighted by atomic mass is 35.5. The Hall–Kier alpha value is -2.66. The average Bonchev–Trinajstić information content (AvgIpc) is 2.55. The molecule has 0 fully saturated rings. The van der Waals surface area contributed by atoms with Crippen LogP contribution in [0.25, 0.3) is 0 Å². The fraction of sp³-hybridized carbons (Fsp3) is 0.167. The Kier molecular flexibility index (Phi) is 4.62. The molecule has 5 nitrogen and oxygen atoms in total. The van der Waals surface area contributed by atoms with Crippen molar-refractivity contribution >= 4 is 34.7 Å². The van der Waals surface area contributed by atoms with E-state index >= 15 is 0 Å². The Morgan fingerprint density at radius 1 is 0.917 bits per heavy atom. The molecule has 24 heavy (non-hydrogen) atoms. The van der Waals surface area contributed by atoms with Gasteiger partial charge >= 0.3 is 0 Å². The van der Waals surface area contributed by atoms with Gasteiger partial charge in [-0.3, -0.25) is 0 Å². The molecule has 0 aliphatic rings. The highest BCUT2D eigenvalue weighted by Crippen LogP contribution is 2.24. The first-order valence-corrected chi connectivity index (χ1v) is 7.97. The van der Waals surface area contributed by atoms with Gasteiger partial charge in [0.25, 0.3) is 0 Å². The van der Waals surface area contributed by atoms with Crippen molar-refractivity contribution in [2.45, 2.75) is 20.8 Å². The van der Waals surface area contributed by atoms with Crippen molar-refractivity contribution in [3.05, 3.63) is 64.3 Å². The van der Waals surface area contributed by atoms with Crippen LogP contribution in [0.15, 0.2) is 42.6 Å². The quantitative estimate of drug-likeness (QED) is 0.705. The van der Waals surface area contributed by atoms with Gasteiger partial charge in [-0.25, -0.2) is 0 Å². The zero-order valence-electron chi connectivity index (χ0n) is 13.8. The average molecular weight is 340 g/mol. The molecular weight excluding hydrogens is 322 g/mol. The highest BCUT2D eigenvalue weighted by molar-refractivity contribution is 6.30. The molecule has 0 unspecified atom stereocenters. The Morgan fingerprint density at radius 2 is 1.75 bits per heavy atom. The third-order valence-corrected chi connectivity index (χ3v) is 4.10. The Balaban J connectivity index is 1.82. The number of nitrogens with zero attached hydrogens (tertiary/aromatic N) is 3. The van der Waals surface area contributed by atoms with Crippen molar-refractivity contribution in [2.24, 2.45) is 0 Å². The van der Waals surface area contributed by atoms with Gasteiger partial charge in [-0.15, -0.1) is 5.10 Å². The fourth-order valence-electron chi connectivity index (χ4n) is 2.33. The minimum Gasteiger partial charge on any atom is -0.339 e. The minimum atomic E-state index is 0.427. The molecule has 122 valence electrons. The van der Waals surface area contributed by atoms with Gasteiger partial charge in [-0.1, -0.05) is 23.7 Å². The summed E-state index contributed by atoms with van der Waals surface area (Å²) in [6, 6.07) is 11.7. The lowest BCUT2D eigenvalue weighted by Crippen LogP contribution is -2.04. The van der Waals surface area contributed by atoms with Crippen molar-refractivity contribution in [1.82, 2.24) is 15.2 Å². The lowest BCUT2D eigenvalue weighted by molar-refractivity contribution is 0.981. The maximum Gasteiger partial charge on any atom is 0.249 e. The Bertz CT molecular complexity index is 879. The van der Waals surface area contributed by atoms with E-state index in [0.717, 1.165) is 16.9 Å². The van der Waals surface area contributed by atoms with Crippen LogP contribution in [0.3, 0.4) is 0 Å². The van der Waals surface area contributed by atoms with E-state index in [4.69, 9.17) is 11.6 Å². The summed E-state index contributed by atoms with van der Waals surface area (Å²) >= 11 is 5.98. The molecule has 6 heteroatoms. The van der Waals surface area contributed by atoms with Gasteiger partial charge in [0, 0.05) is 16.4 Å². The summed E-state index contributed by atoms with van der Waals surface area (Å²) in [6.07, 6.45) is 1.60. The summed E-state index contributed by atoms with van der Waals surface area (Å²) in [6.45, 7) is 6.12. The minimum absolute atomic E-state index is 0.427. The maximum atomic E-state index is 5.98. The van der Waals surface area contributed by atoms with Crippen molar-refractivity contribution in [1.29, 1.82) is 0 Å². The second kappa shape index (κ2) is 6.84. The first kappa shape index (κ1) is 16.2. The number of aromatic nitrogens is 3. The summed E-state index contributed by atoms with van der Waals surface area (Å²) < 4.78 is 0. The SMILES string of the molecule is Cc1cc(Cl)ccc1Nc1nncc(Nc2cccc(C)c2C)n1. The van der Waals surface area contributed by atoms with E-state index in [-0.39, 0.29) is 0 Å². The molecular formula is C18H18ClN5. The van der Waals surface area contributed by atoms with Crippen LogP contribution in [0.5, 0.6) is 0 Å². The predicted octanol–water partition coefficient (Wildman–Crippen LogP) is 4.94. The van der Waals surface area contributed by atoms with Gasteiger partial charge in [0.1, 0.15) is 0 Å². The van der Waals surface area contributed by atoms with Crippen LogP contribution in [0, 0.1) is 20.8 Å². The molecule has 0 aliphatic carbocycles. The first-order valence-electron chi connectivity index (χ1n) is 7.59. The number of benzene rings is 2. The first-order chi connectivity index (χ1) is 11.5. The van der Waals surface area contributed by atoms with Gasteiger partial charge in [0.2, 0.25) is 5.95 Å². The van der Waals surface area contributed by atoms with Gasteiger partial charge in [-0.05, 0) is 61.7 Å². The molecule has 3 rings (SSSR count). The third-order valence-electron chi connectivity index (χ3n) is 3.86. The Labute approximate surface area is 146 Å². The number of aryl methyl sites for hydroxylation is 2. The number of nitrogens with one attached hydrogen (secondary N) is 2. The Morgan fingerprint density at radius 3 is 2.54 bits per heavy atom. The van der Waals surface area contributed by atoms with Crippen molar-refractivity contribution in [3.63, 3.8) is 0 Å². The van der Waals surface area contributed by atoms with Crippen LogP contribution in [0.1, 0.15) is 16.7 Å². The summed E-state index contributed by atoms with van der Waals surface area (Å²) in [5, 5.41) is 15.2. The summed E-state index contributed by atoms with van der Waals surface area (Å²) in [5.41, 5.74) is 5.31. The number of hydrogen-bond acceptors (Lipinski definition) is 5. The molecule has 0 saturated heterocycles. The molecule has 0 saturated carbocycles. The summed E-state index contributed by atoms with van der Waals surface area (Å²) in [5.74, 6) is 1.06. The molecule has 0 atom stereocenters. The second-order valence-corrected chi connectivity index (χ2v) is 6.06. The molecule has 1 aromatic heterocycles. The number of anilines is 4. The summed E-state index contributed by atoms with van der Waals surface area (Å²) in [4.78, 5) is 4.47. The normalized spacial score (nSPS) is 10.5. The second-order valence-electron chi connectivity index (χ2n) is 5.62. The molecule has 3 aromatic rings. The number of halogens is 1. The topological polar surface area (TPSA) is 62.7 Å². The zero-order chi connectivity index (χ0) is 17.1. The van der Waals surface area contributed by atoms with Crippen LogP contribution in [0.2, 0.25) is 5.02 Å². The van der Waals surface area contributed by atoms with E-state index in [1.807, 2.05) is 37.3 Å². The van der Waals surface area contributed by atoms with Crippen molar-refractivity contribution in [3.8, 4) is 0 Å². The van der Waals surface area contributed by atoms with Crippen molar-refractivity contribution in [2.75, 3.05) is 10.6 Å². The zero-order valence-corrected chi connectivity index (χ0v) is 14.5. The van der Waals surface area contributed by atoms with Crippen LogP contribution >= 0.6 is 11.6 Å². The molecule has 0 spiro atoms. The highest BCUT2D eigenvalue weighted by Gasteiger charge is 2.06. The molecule has 2 N–H and O–H groups in total. The van der Waals surface area contributed by atoms with Gasteiger partial charge in [-0.2, -0.15) is 10.1 Å². The van der Waals surface area contributed by atoms with E-state index in [2.05, 4.69) is 45.7 Å². The van der Waals surface area contributed by atoms with Gasteiger partial charge in [0.05, 0.1) is 6.20 Å². The predicted molar refractivity (Wildman–Crippen MR) is 98.5 cm³/mol. The van der Waals surface area contributed by atoms with Gasteiger partial charge < -0.3 is 10.6 Å². The van der Waals surface area contributed by atoms with Crippen LogP contribution in [0.4, 0.5) is 23.1 Å². The van der Waals surface area contributed by atoms with E-state index in [1.165, 1.54) is 11.1 Å². The van der Waals surface area contributed by atoms with Gasteiger partial charge in [0.15, 0.2) is 5.82 Å². The molecule has 0 aliphatic heterocycles. The molecule has 0 radical (unpaired) electrons. The maximum absolute atomic E-state index is 5.98. The molecule has 0 amide bonds. The van der Waals surface area contributed by atoms with Crippen LogP contribution in [-0.2, 0) is 0 Å². The molecule has 2 aromatic carbocycles. The number of hydrogen-bond donors (Lipinski definition) is 2. The van der Waals surface area contributed by atoms with E-state index in [9.17, 15) is 0 Å². The van der Waals surface area contributed by atoms with E-state index in [1.54, 1.807) is 6.20 Å².